The van der Waals surface area contributed by atoms with Crippen LogP contribution in [0, 0.1) is 5.82 Å². The summed E-state index contributed by atoms with van der Waals surface area (Å²) in [5.74, 6) is 1.18. The zero-order valence-electron chi connectivity index (χ0n) is 16.4. The molecular weight excluding hydrogens is 395 g/mol. The van der Waals surface area contributed by atoms with Gasteiger partial charge in [0.05, 0.1) is 25.5 Å². The maximum atomic E-state index is 13.6. The summed E-state index contributed by atoms with van der Waals surface area (Å²) >= 11 is 6.03. The molecule has 2 aromatic rings. The van der Waals surface area contributed by atoms with Crippen LogP contribution in [0.4, 0.5) is 10.2 Å². The first-order valence-electron chi connectivity index (χ1n) is 9.90. The van der Waals surface area contributed by atoms with Crippen molar-refractivity contribution in [1.82, 2.24) is 14.9 Å². The number of benzene rings is 1. The fourth-order valence-corrected chi connectivity index (χ4v) is 3.97. The smallest absolute Gasteiger partial charge is 0.240 e. The van der Waals surface area contributed by atoms with Gasteiger partial charge in [-0.2, -0.15) is 0 Å². The van der Waals surface area contributed by atoms with E-state index in [9.17, 15) is 9.18 Å². The number of aromatic nitrogens is 2. The normalized spacial score (nSPS) is 17.8. The van der Waals surface area contributed by atoms with Crippen molar-refractivity contribution < 1.29 is 13.9 Å². The number of carbonyl (C=O) groups is 1. The number of halogens is 2. The molecule has 0 saturated carbocycles. The van der Waals surface area contributed by atoms with Crippen LogP contribution in [0.5, 0.6) is 0 Å². The van der Waals surface area contributed by atoms with Gasteiger partial charge in [0.15, 0.2) is 0 Å². The number of nitrogens with zero attached hydrogens (tertiary/aromatic N) is 4. The van der Waals surface area contributed by atoms with Crippen molar-refractivity contribution in [2.24, 2.45) is 0 Å². The number of hydrogen-bond donors (Lipinski definition) is 0. The molecule has 2 aliphatic rings. The monoisotopic (exact) mass is 418 g/mol. The Balaban J connectivity index is 1.68. The summed E-state index contributed by atoms with van der Waals surface area (Å²) in [7, 11) is 0. The Morgan fingerprint density at radius 3 is 2.79 bits per heavy atom. The molecule has 29 heavy (non-hydrogen) atoms. The summed E-state index contributed by atoms with van der Waals surface area (Å²) in [6, 6.07) is 6.52. The first-order valence-corrected chi connectivity index (χ1v) is 10.3. The van der Waals surface area contributed by atoms with Crippen LogP contribution < -0.4 is 4.90 Å². The molecule has 3 heterocycles. The Bertz CT molecular complexity index is 902. The maximum absolute atomic E-state index is 13.6. The third-order valence-corrected chi connectivity index (χ3v) is 5.49. The Hall–Kier alpha value is -2.25. The fourth-order valence-electron chi connectivity index (χ4n) is 3.83. The first-order chi connectivity index (χ1) is 14.0. The van der Waals surface area contributed by atoms with E-state index in [1.807, 2.05) is 6.07 Å². The quantitative estimate of drug-likeness (QED) is 0.714. The van der Waals surface area contributed by atoms with E-state index >= 15 is 0 Å². The molecule has 1 amide bonds. The fraction of sp³-hybridized carbons (Fsp3) is 0.476. The molecule has 1 fully saturated rings. The summed E-state index contributed by atoms with van der Waals surface area (Å²) in [4.78, 5) is 26.0. The molecule has 0 bridgehead atoms. The van der Waals surface area contributed by atoms with Crippen molar-refractivity contribution in [2.45, 2.75) is 31.7 Å². The number of morpholine rings is 1. The summed E-state index contributed by atoms with van der Waals surface area (Å²) in [6.07, 6.45) is 1.12. The molecular formula is C21H24ClFN4O2. The van der Waals surface area contributed by atoms with Crippen molar-refractivity contribution >= 4 is 23.3 Å². The lowest BCUT2D eigenvalue weighted by Gasteiger charge is -2.35. The second kappa shape index (κ2) is 8.63. The molecule has 2 aliphatic heterocycles. The van der Waals surface area contributed by atoms with Crippen LogP contribution in [0.1, 0.15) is 29.6 Å². The van der Waals surface area contributed by atoms with Gasteiger partial charge < -0.3 is 14.5 Å². The molecule has 1 aromatic carbocycles. The first kappa shape index (κ1) is 20.0. The summed E-state index contributed by atoms with van der Waals surface area (Å²) in [5.41, 5.74) is 2.77. The molecule has 6 nitrogen and oxygen atoms in total. The highest BCUT2D eigenvalue weighted by atomic mass is 35.5. The number of amides is 1. The van der Waals surface area contributed by atoms with Crippen molar-refractivity contribution in [2.75, 3.05) is 37.7 Å². The van der Waals surface area contributed by atoms with E-state index in [-0.39, 0.29) is 11.7 Å². The van der Waals surface area contributed by atoms with Crippen molar-refractivity contribution in [3.05, 3.63) is 52.7 Å². The number of rotatable bonds is 4. The molecule has 0 N–H and O–H groups in total. The second-order valence-corrected chi connectivity index (χ2v) is 8.08. The SMILES string of the molecule is C[C@H](Cl)C(=O)N1CCc2nc(Cc3cccc(F)c3)nc(N3CCOCC3)c2C1. The van der Waals surface area contributed by atoms with Crippen molar-refractivity contribution in [3.63, 3.8) is 0 Å². The lowest BCUT2D eigenvalue weighted by Crippen LogP contribution is -2.42. The minimum absolute atomic E-state index is 0.0749. The number of carbonyl (C=O) groups excluding carboxylic acids is 1. The molecule has 0 spiro atoms. The number of hydrogen-bond acceptors (Lipinski definition) is 5. The summed E-state index contributed by atoms with van der Waals surface area (Å²) < 4.78 is 19.1. The minimum Gasteiger partial charge on any atom is -0.378 e. The van der Waals surface area contributed by atoms with Crippen LogP contribution in [0.2, 0.25) is 0 Å². The number of anilines is 1. The minimum atomic E-state index is -0.559. The molecule has 1 saturated heterocycles. The van der Waals surface area contributed by atoms with E-state index in [2.05, 4.69) is 4.90 Å². The Morgan fingerprint density at radius 1 is 1.28 bits per heavy atom. The third-order valence-electron chi connectivity index (χ3n) is 5.30. The van der Waals surface area contributed by atoms with Gasteiger partial charge in [-0.15, -0.1) is 11.6 Å². The van der Waals surface area contributed by atoms with Gasteiger partial charge in [0.25, 0.3) is 0 Å². The molecule has 0 aliphatic carbocycles. The largest absolute Gasteiger partial charge is 0.378 e. The number of fused-ring (bicyclic) bond motifs is 1. The van der Waals surface area contributed by atoms with Gasteiger partial charge in [-0.05, 0) is 24.6 Å². The summed E-state index contributed by atoms with van der Waals surface area (Å²) in [5, 5.41) is -0.559. The summed E-state index contributed by atoms with van der Waals surface area (Å²) in [6.45, 7) is 5.49. The van der Waals surface area contributed by atoms with Gasteiger partial charge in [-0.25, -0.2) is 14.4 Å². The van der Waals surface area contributed by atoms with Gasteiger partial charge in [0.1, 0.15) is 22.8 Å². The number of alkyl halides is 1. The van der Waals surface area contributed by atoms with Gasteiger partial charge in [-0.3, -0.25) is 4.79 Å². The lowest BCUT2D eigenvalue weighted by molar-refractivity contribution is -0.131. The van der Waals surface area contributed by atoms with E-state index in [0.717, 1.165) is 35.7 Å². The highest BCUT2D eigenvalue weighted by Gasteiger charge is 2.29. The van der Waals surface area contributed by atoms with Crippen LogP contribution in [0.25, 0.3) is 0 Å². The number of ether oxygens (including phenoxy) is 1. The standard InChI is InChI=1S/C21H24ClFN4O2/c1-14(22)21(28)27-6-5-18-17(13-27)20(26-7-9-29-10-8-26)25-19(24-18)12-15-3-2-4-16(23)11-15/h2-4,11,14H,5-10,12-13H2,1H3/t14-/m0/s1. The van der Waals surface area contributed by atoms with Gasteiger partial charge >= 0.3 is 0 Å². The Morgan fingerprint density at radius 2 is 2.07 bits per heavy atom. The van der Waals surface area contributed by atoms with Crippen LogP contribution in [0.3, 0.4) is 0 Å². The van der Waals surface area contributed by atoms with E-state index in [1.165, 1.54) is 12.1 Å². The van der Waals surface area contributed by atoms with Crippen molar-refractivity contribution in [3.8, 4) is 0 Å². The van der Waals surface area contributed by atoms with E-state index in [4.69, 9.17) is 26.3 Å². The van der Waals surface area contributed by atoms with Crippen LogP contribution in [-0.4, -0.2) is 59.0 Å². The molecule has 0 radical (unpaired) electrons. The third kappa shape index (κ3) is 4.51. The zero-order valence-corrected chi connectivity index (χ0v) is 17.2. The van der Waals surface area contributed by atoms with Crippen LogP contribution >= 0.6 is 11.6 Å². The average molecular weight is 419 g/mol. The van der Waals surface area contributed by atoms with Gasteiger partial charge in [0.2, 0.25) is 5.91 Å². The Labute approximate surface area is 174 Å². The van der Waals surface area contributed by atoms with Gasteiger partial charge in [-0.1, -0.05) is 12.1 Å². The average Bonchev–Trinajstić information content (AvgIpc) is 2.73. The predicted octanol–water partition coefficient (Wildman–Crippen LogP) is 2.56. The van der Waals surface area contributed by atoms with Crippen LogP contribution in [0.15, 0.2) is 24.3 Å². The predicted molar refractivity (Wildman–Crippen MR) is 109 cm³/mol. The lowest BCUT2D eigenvalue weighted by atomic mass is 10.0. The highest BCUT2D eigenvalue weighted by molar-refractivity contribution is 6.30. The molecule has 4 rings (SSSR count). The van der Waals surface area contributed by atoms with Crippen LogP contribution in [-0.2, 0) is 28.9 Å². The zero-order chi connectivity index (χ0) is 20.4. The molecule has 1 aromatic heterocycles. The van der Waals surface area contributed by atoms with Crippen molar-refractivity contribution in [1.29, 1.82) is 0 Å². The van der Waals surface area contributed by atoms with E-state index in [0.29, 0.717) is 45.0 Å². The molecule has 8 heteroatoms. The Kier molecular flexibility index (Phi) is 5.96. The van der Waals surface area contributed by atoms with Gasteiger partial charge in [0, 0.05) is 38.0 Å². The molecule has 0 unspecified atom stereocenters. The topological polar surface area (TPSA) is 58.6 Å². The van der Waals surface area contributed by atoms with E-state index < -0.39 is 5.38 Å². The molecule has 154 valence electrons. The maximum Gasteiger partial charge on any atom is 0.240 e. The second-order valence-electron chi connectivity index (χ2n) is 7.42. The van der Waals surface area contributed by atoms with E-state index in [1.54, 1.807) is 17.9 Å². The molecule has 1 atom stereocenters. The highest BCUT2D eigenvalue weighted by Crippen LogP contribution is 2.28.